The predicted molar refractivity (Wildman–Crippen MR) is 72.8 cm³/mol. The molecule has 1 aliphatic carbocycles. The summed E-state index contributed by atoms with van der Waals surface area (Å²) in [6.45, 7) is 1.88. The molecule has 1 fully saturated rings. The summed E-state index contributed by atoms with van der Waals surface area (Å²) in [5.74, 6) is 0.853. The first-order valence-corrected chi connectivity index (χ1v) is 6.65. The quantitative estimate of drug-likeness (QED) is 0.909. The fourth-order valence-corrected chi connectivity index (χ4v) is 2.38. The molecule has 0 spiro atoms. The molecule has 0 radical (unpaired) electrons. The van der Waals surface area contributed by atoms with Gasteiger partial charge in [0.15, 0.2) is 5.76 Å². The van der Waals surface area contributed by atoms with Crippen molar-refractivity contribution in [1.29, 1.82) is 0 Å². The third kappa shape index (κ3) is 2.55. The summed E-state index contributed by atoms with van der Waals surface area (Å²) in [7, 11) is 0. The summed E-state index contributed by atoms with van der Waals surface area (Å²) in [5.41, 5.74) is 2.04. The van der Waals surface area contributed by atoms with Gasteiger partial charge in [0.1, 0.15) is 0 Å². The van der Waals surface area contributed by atoms with Crippen LogP contribution in [0.15, 0.2) is 47.1 Å². The number of furan rings is 1. The van der Waals surface area contributed by atoms with Crippen LogP contribution in [0.3, 0.4) is 0 Å². The molecule has 1 amide bonds. The smallest absolute Gasteiger partial charge is 0.287 e. The van der Waals surface area contributed by atoms with Gasteiger partial charge in [-0.25, -0.2) is 0 Å². The highest BCUT2D eigenvalue weighted by Gasteiger charge is 2.34. The zero-order chi connectivity index (χ0) is 13.2. The van der Waals surface area contributed by atoms with E-state index in [1.165, 1.54) is 18.4 Å². The molecule has 0 aliphatic heterocycles. The molecule has 3 nitrogen and oxygen atoms in total. The van der Waals surface area contributed by atoms with Gasteiger partial charge in [0, 0.05) is 5.56 Å². The van der Waals surface area contributed by atoms with Crippen molar-refractivity contribution in [3.05, 3.63) is 59.5 Å². The number of carbonyl (C=O) groups excluding carboxylic acids is 1. The second-order valence-corrected chi connectivity index (χ2v) is 5.13. The number of nitrogens with one attached hydrogen (secondary N) is 1. The summed E-state index contributed by atoms with van der Waals surface area (Å²) in [6, 6.07) is 12.0. The molecular formula is C16H17NO2. The lowest BCUT2D eigenvalue weighted by Crippen LogP contribution is -2.30. The van der Waals surface area contributed by atoms with Gasteiger partial charge in [-0.3, -0.25) is 4.79 Å². The van der Waals surface area contributed by atoms with Gasteiger partial charge in [0.05, 0.1) is 12.3 Å². The van der Waals surface area contributed by atoms with Crippen LogP contribution < -0.4 is 5.32 Å². The van der Waals surface area contributed by atoms with Crippen molar-refractivity contribution in [3.63, 3.8) is 0 Å². The summed E-state index contributed by atoms with van der Waals surface area (Å²) < 4.78 is 5.25. The zero-order valence-electron chi connectivity index (χ0n) is 10.9. The number of hydrogen-bond donors (Lipinski definition) is 1. The lowest BCUT2D eigenvalue weighted by Gasteiger charge is -2.18. The van der Waals surface area contributed by atoms with Gasteiger partial charge in [-0.05, 0) is 37.3 Å². The van der Waals surface area contributed by atoms with Crippen molar-refractivity contribution < 1.29 is 9.21 Å². The highest BCUT2D eigenvalue weighted by molar-refractivity contribution is 5.93. The number of hydrogen-bond acceptors (Lipinski definition) is 2. The Hall–Kier alpha value is -2.03. The Labute approximate surface area is 112 Å². The van der Waals surface area contributed by atoms with Crippen LogP contribution in [0.2, 0.25) is 0 Å². The first-order chi connectivity index (χ1) is 9.25. The Morgan fingerprint density at radius 3 is 2.58 bits per heavy atom. The van der Waals surface area contributed by atoms with E-state index in [1.807, 2.05) is 31.2 Å². The average molecular weight is 255 g/mol. The maximum absolute atomic E-state index is 12.2. The lowest BCUT2D eigenvalue weighted by atomic mass is 10.0. The van der Waals surface area contributed by atoms with Crippen molar-refractivity contribution in [1.82, 2.24) is 5.32 Å². The third-order valence-corrected chi connectivity index (χ3v) is 3.61. The van der Waals surface area contributed by atoms with Crippen molar-refractivity contribution >= 4 is 5.91 Å². The highest BCUT2D eigenvalue weighted by Crippen LogP contribution is 2.41. The zero-order valence-corrected chi connectivity index (χ0v) is 10.9. The van der Waals surface area contributed by atoms with Gasteiger partial charge >= 0.3 is 0 Å². The number of amides is 1. The minimum atomic E-state index is -0.122. The average Bonchev–Trinajstić information content (AvgIpc) is 3.18. The second-order valence-electron chi connectivity index (χ2n) is 5.13. The number of benzene rings is 1. The Bertz CT molecular complexity index is 569. The van der Waals surface area contributed by atoms with E-state index in [0.29, 0.717) is 11.7 Å². The second kappa shape index (κ2) is 4.92. The monoisotopic (exact) mass is 255 g/mol. The van der Waals surface area contributed by atoms with E-state index in [-0.39, 0.29) is 11.9 Å². The lowest BCUT2D eigenvalue weighted by molar-refractivity contribution is 0.0902. The van der Waals surface area contributed by atoms with Gasteiger partial charge in [-0.15, -0.1) is 0 Å². The van der Waals surface area contributed by atoms with Crippen molar-refractivity contribution in [2.24, 2.45) is 5.92 Å². The van der Waals surface area contributed by atoms with E-state index in [2.05, 4.69) is 17.4 Å². The van der Waals surface area contributed by atoms with Crippen LogP contribution in [0.1, 0.15) is 40.6 Å². The Morgan fingerprint density at radius 2 is 2.00 bits per heavy atom. The van der Waals surface area contributed by atoms with E-state index in [9.17, 15) is 4.79 Å². The number of aryl methyl sites for hydroxylation is 1. The highest BCUT2D eigenvalue weighted by atomic mass is 16.3. The molecule has 1 aliphatic rings. The maximum Gasteiger partial charge on any atom is 0.287 e. The molecule has 1 aromatic heterocycles. The minimum absolute atomic E-state index is 0.0956. The molecule has 0 bridgehead atoms. The predicted octanol–water partition coefficient (Wildman–Crippen LogP) is 3.47. The van der Waals surface area contributed by atoms with Gasteiger partial charge < -0.3 is 9.73 Å². The van der Waals surface area contributed by atoms with E-state index in [4.69, 9.17) is 4.42 Å². The first kappa shape index (κ1) is 12.0. The summed E-state index contributed by atoms with van der Waals surface area (Å²) in [5, 5.41) is 3.11. The van der Waals surface area contributed by atoms with Crippen LogP contribution in [0.5, 0.6) is 0 Å². The van der Waals surface area contributed by atoms with Crippen LogP contribution >= 0.6 is 0 Å². The summed E-state index contributed by atoms with van der Waals surface area (Å²) >= 11 is 0. The molecule has 1 N–H and O–H groups in total. The largest absolute Gasteiger partial charge is 0.459 e. The first-order valence-electron chi connectivity index (χ1n) is 6.65. The van der Waals surface area contributed by atoms with Gasteiger partial charge in [-0.1, -0.05) is 30.3 Å². The number of rotatable bonds is 4. The minimum Gasteiger partial charge on any atom is -0.459 e. The van der Waals surface area contributed by atoms with Crippen LogP contribution in [0.25, 0.3) is 0 Å². The normalized spacial score (nSPS) is 16.1. The van der Waals surface area contributed by atoms with Crippen molar-refractivity contribution in [3.8, 4) is 0 Å². The maximum atomic E-state index is 12.2. The third-order valence-electron chi connectivity index (χ3n) is 3.61. The van der Waals surface area contributed by atoms with Gasteiger partial charge in [0.25, 0.3) is 5.91 Å². The molecule has 1 heterocycles. The molecular weight excluding hydrogens is 238 g/mol. The SMILES string of the molecule is Cc1ccoc1C(=O)NC(c1ccccc1)C1CC1. The number of carbonyl (C=O) groups is 1. The van der Waals surface area contributed by atoms with Gasteiger partial charge in [-0.2, -0.15) is 0 Å². The molecule has 1 aromatic carbocycles. The molecule has 3 heteroatoms. The van der Waals surface area contributed by atoms with Crippen molar-refractivity contribution in [2.75, 3.05) is 0 Å². The Morgan fingerprint density at radius 1 is 1.26 bits per heavy atom. The summed E-state index contributed by atoms with van der Waals surface area (Å²) in [4.78, 5) is 12.2. The standard InChI is InChI=1S/C16H17NO2/c1-11-9-10-19-15(11)16(18)17-14(13-7-8-13)12-5-3-2-4-6-12/h2-6,9-10,13-14H,7-8H2,1H3,(H,17,18). The molecule has 3 rings (SSSR count). The fourth-order valence-electron chi connectivity index (χ4n) is 2.38. The topological polar surface area (TPSA) is 42.2 Å². The molecule has 1 unspecified atom stereocenters. The van der Waals surface area contributed by atoms with Crippen LogP contribution in [0, 0.1) is 12.8 Å². The molecule has 0 saturated heterocycles. The van der Waals surface area contributed by atoms with E-state index in [1.54, 1.807) is 6.26 Å². The Balaban J connectivity index is 1.79. The molecule has 98 valence electrons. The molecule has 19 heavy (non-hydrogen) atoms. The van der Waals surface area contributed by atoms with E-state index < -0.39 is 0 Å². The molecule has 1 saturated carbocycles. The fraction of sp³-hybridized carbons (Fsp3) is 0.312. The Kier molecular flexibility index (Phi) is 3.11. The molecule has 1 atom stereocenters. The molecule has 2 aromatic rings. The van der Waals surface area contributed by atoms with Gasteiger partial charge in [0.2, 0.25) is 0 Å². The van der Waals surface area contributed by atoms with E-state index >= 15 is 0 Å². The van der Waals surface area contributed by atoms with Crippen LogP contribution in [-0.2, 0) is 0 Å². The summed E-state index contributed by atoms with van der Waals surface area (Å²) in [6.07, 6.45) is 3.91. The van der Waals surface area contributed by atoms with E-state index in [0.717, 1.165) is 5.56 Å². The van der Waals surface area contributed by atoms with Crippen molar-refractivity contribution in [2.45, 2.75) is 25.8 Å². The van der Waals surface area contributed by atoms with Crippen LogP contribution in [-0.4, -0.2) is 5.91 Å². The van der Waals surface area contributed by atoms with Crippen LogP contribution in [0.4, 0.5) is 0 Å².